The van der Waals surface area contributed by atoms with Crippen molar-refractivity contribution >= 4 is 5.91 Å². The van der Waals surface area contributed by atoms with E-state index in [0.29, 0.717) is 18.4 Å². The monoisotopic (exact) mass is 239 g/mol. The van der Waals surface area contributed by atoms with Crippen LogP contribution in [0.5, 0.6) is 0 Å². The fourth-order valence-electron chi connectivity index (χ4n) is 3.00. The molecule has 0 radical (unpaired) electrons. The van der Waals surface area contributed by atoms with Gasteiger partial charge in [-0.2, -0.15) is 0 Å². The number of likely N-dealkylation sites (tertiary alicyclic amines) is 1. The van der Waals surface area contributed by atoms with E-state index in [1.54, 1.807) is 0 Å². The minimum absolute atomic E-state index is 0.248. The first-order chi connectivity index (χ1) is 8.11. The third-order valence-corrected chi connectivity index (χ3v) is 4.02. The van der Waals surface area contributed by atoms with Crippen LogP contribution in [-0.2, 0) is 4.79 Å². The molecule has 0 aliphatic carbocycles. The lowest BCUT2D eigenvalue weighted by atomic mass is 10.1. The van der Waals surface area contributed by atoms with Gasteiger partial charge < -0.3 is 9.80 Å². The maximum absolute atomic E-state index is 11.9. The van der Waals surface area contributed by atoms with Crippen molar-refractivity contribution in [2.75, 3.05) is 32.7 Å². The van der Waals surface area contributed by atoms with E-state index in [2.05, 4.69) is 35.9 Å². The second kappa shape index (κ2) is 5.36. The second-order valence-electron chi connectivity index (χ2n) is 5.66. The number of amides is 1. The van der Waals surface area contributed by atoms with Crippen molar-refractivity contribution in [3.8, 4) is 0 Å². The Labute approximate surface area is 104 Å². The summed E-state index contributed by atoms with van der Waals surface area (Å²) in [5.74, 6) is 1.43. The normalized spacial score (nSPS) is 30.8. The van der Waals surface area contributed by atoms with E-state index in [9.17, 15) is 4.79 Å². The topological polar surface area (TPSA) is 35.6 Å². The molecule has 2 fully saturated rings. The summed E-state index contributed by atoms with van der Waals surface area (Å²) in [4.78, 5) is 16.4. The van der Waals surface area contributed by atoms with E-state index in [1.807, 2.05) is 0 Å². The van der Waals surface area contributed by atoms with Crippen molar-refractivity contribution in [2.24, 2.45) is 11.8 Å². The van der Waals surface area contributed by atoms with Crippen LogP contribution in [-0.4, -0.2) is 54.6 Å². The molecule has 2 saturated heterocycles. The molecule has 1 amide bonds. The standard InChI is InChI=1S/C13H25N3O/c1-4-15-6-5-11(8-15)9-16-12(17)7-14-13(16)10(2)3/h10-11,13-14H,4-9H2,1-3H3. The molecular weight excluding hydrogens is 214 g/mol. The van der Waals surface area contributed by atoms with Crippen molar-refractivity contribution in [3.63, 3.8) is 0 Å². The van der Waals surface area contributed by atoms with Crippen LogP contribution >= 0.6 is 0 Å². The summed E-state index contributed by atoms with van der Waals surface area (Å²) in [6, 6.07) is 0. The predicted molar refractivity (Wildman–Crippen MR) is 68.6 cm³/mol. The molecule has 0 saturated carbocycles. The molecule has 0 aromatic rings. The third kappa shape index (κ3) is 2.80. The number of hydrogen-bond donors (Lipinski definition) is 1. The highest BCUT2D eigenvalue weighted by Crippen LogP contribution is 2.21. The molecule has 0 aromatic carbocycles. The summed E-state index contributed by atoms with van der Waals surface area (Å²) in [7, 11) is 0. The van der Waals surface area contributed by atoms with Gasteiger partial charge in [-0.25, -0.2) is 0 Å². The molecule has 2 aliphatic rings. The summed E-state index contributed by atoms with van der Waals surface area (Å²) in [5.41, 5.74) is 0. The summed E-state index contributed by atoms with van der Waals surface area (Å²) in [5, 5.41) is 3.32. The number of rotatable bonds is 4. The Kier molecular flexibility index (Phi) is 4.05. The van der Waals surface area contributed by atoms with Crippen molar-refractivity contribution in [3.05, 3.63) is 0 Å². The molecule has 2 unspecified atom stereocenters. The molecule has 0 bridgehead atoms. The van der Waals surface area contributed by atoms with Crippen LogP contribution in [0.15, 0.2) is 0 Å². The Hall–Kier alpha value is -0.610. The van der Waals surface area contributed by atoms with Gasteiger partial charge in [-0.3, -0.25) is 10.1 Å². The van der Waals surface area contributed by atoms with Crippen molar-refractivity contribution in [1.82, 2.24) is 15.1 Å². The Balaban J connectivity index is 1.91. The Morgan fingerprint density at radius 2 is 2.24 bits per heavy atom. The first-order valence-electron chi connectivity index (χ1n) is 6.87. The van der Waals surface area contributed by atoms with Gasteiger partial charge in [0.1, 0.15) is 0 Å². The molecule has 2 aliphatic heterocycles. The average Bonchev–Trinajstić information content (AvgIpc) is 2.87. The smallest absolute Gasteiger partial charge is 0.237 e. The number of nitrogens with zero attached hydrogens (tertiary/aromatic N) is 2. The Morgan fingerprint density at radius 1 is 1.47 bits per heavy atom. The number of carbonyl (C=O) groups excluding carboxylic acids is 1. The van der Waals surface area contributed by atoms with E-state index in [-0.39, 0.29) is 12.1 Å². The van der Waals surface area contributed by atoms with Gasteiger partial charge >= 0.3 is 0 Å². The highest BCUT2D eigenvalue weighted by molar-refractivity contribution is 5.80. The lowest BCUT2D eigenvalue weighted by Gasteiger charge is -2.29. The first kappa shape index (κ1) is 12.8. The van der Waals surface area contributed by atoms with Crippen LogP contribution in [0.4, 0.5) is 0 Å². The highest BCUT2D eigenvalue weighted by atomic mass is 16.2. The molecule has 2 rings (SSSR count). The minimum Gasteiger partial charge on any atom is -0.325 e. The second-order valence-corrected chi connectivity index (χ2v) is 5.66. The SMILES string of the molecule is CCN1CCC(CN2C(=O)CNC2C(C)C)C1. The highest BCUT2D eigenvalue weighted by Gasteiger charge is 2.35. The van der Waals surface area contributed by atoms with E-state index in [0.717, 1.165) is 19.6 Å². The Morgan fingerprint density at radius 3 is 2.82 bits per heavy atom. The van der Waals surface area contributed by atoms with Crippen LogP contribution in [0.3, 0.4) is 0 Å². The third-order valence-electron chi connectivity index (χ3n) is 4.02. The van der Waals surface area contributed by atoms with Crippen LogP contribution in [0, 0.1) is 11.8 Å². The molecule has 4 nitrogen and oxygen atoms in total. The summed E-state index contributed by atoms with van der Waals surface area (Å²) in [6.07, 6.45) is 1.49. The number of hydrogen-bond acceptors (Lipinski definition) is 3. The largest absolute Gasteiger partial charge is 0.325 e. The van der Waals surface area contributed by atoms with Crippen LogP contribution in [0.25, 0.3) is 0 Å². The molecule has 98 valence electrons. The maximum Gasteiger partial charge on any atom is 0.237 e. The fraction of sp³-hybridized carbons (Fsp3) is 0.923. The molecule has 0 aromatic heterocycles. The van der Waals surface area contributed by atoms with Crippen LogP contribution in [0.1, 0.15) is 27.2 Å². The molecular formula is C13H25N3O. The van der Waals surface area contributed by atoms with Crippen LogP contribution in [0.2, 0.25) is 0 Å². The molecule has 17 heavy (non-hydrogen) atoms. The quantitative estimate of drug-likeness (QED) is 0.786. The minimum atomic E-state index is 0.248. The predicted octanol–water partition coefficient (Wildman–Crippen LogP) is 0.742. The lowest BCUT2D eigenvalue weighted by Crippen LogP contribution is -2.44. The maximum atomic E-state index is 11.9. The molecule has 2 heterocycles. The van der Waals surface area contributed by atoms with Crippen molar-refractivity contribution in [2.45, 2.75) is 33.4 Å². The number of nitrogens with one attached hydrogen (secondary N) is 1. The van der Waals surface area contributed by atoms with Gasteiger partial charge in [-0.1, -0.05) is 20.8 Å². The fourth-order valence-corrected chi connectivity index (χ4v) is 3.00. The average molecular weight is 239 g/mol. The summed E-state index contributed by atoms with van der Waals surface area (Å²) < 4.78 is 0. The van der Waals surface area contributed by atoms with Crippen molar-refractivity contribution in [1.29, 1.82) is 0 Å². The lowest BCUT2D eigenvalue weighted by molar-refractivity contribution is -0.129. The van der Waals surface area contributed by atoms with Gasteiger partial charge in [-0.05, 0) is 31.3 Å². The van der Waals surface area contributed by atoms with Gasteiger partial charge in [-0.15, -0.1) is 0 Å². The van der Waals surface area contributed by atoms with Gasteiger partial charge in [0.05, 0.1) is 12.7 Å². The van der Waals surface area contributed by atoms with Crippen molar-refractivity contribution < 1.29 is 4.79 Å². The zero-order chi connectivity index (χ0) is 12.4. The van der Waals surface area contributed by atoms with E-state index in [4.69, 9.17) is 0 Å². The van der Waals surface area contributed by atoms with Gasteiger partial charge in [0.25, 0.3) is 0 Å². The van der Waals surface area contributed by atoms with E-state index in [1.165, 1.54) is 13.0 Å². The number of carbonyl (C=O) groups is 1. The molecule has 2 atom stereocenters. The zero-order valence-corrected chi connectivity index (χ0v) is 11.3. The molecule has 1 N–H and O–H groups in total. The van der Waals surface area contributed by atoms with Gasteiger partial charge in [0.15, 0.2) is 0 Å². The van der Waals surface area contributed by atoms with Gasteiger partial charge in [0.2, 0.25) is 5.91 Å². The molecule has 4 heteroatoms. The van der Waals surface area contributed by atoms with Gasteiger partial charge in [0, 0.05) is 13.1 Å². The molecule has 0 spiro atoms. The van der Waals surface area contributed by atoms with Crippen LogP contribution < -0.4 is 5.32 Å². The summed E-state index contributed by atoms with van der Waals surface area (Å²) in [6.45, 7) is 11.5. The summed E-state index contributed by atoms with van der Waals surface area (Å²) >= 11 is 0. The van der Waals surface area contributed by atoms with E-state index < -0.39 is 0 Å². The van der Waals surface area contributed by atoms with E-state index >= 15 is 0 Å². The zero-order valence-electron chi connectivity index (χ0n) is 11.3. The first-order valence-corrected chi connectivity index (χ1v) is 6.87. The Bertz CT molecular complexity index is 280.